The van der Waals surface area contributed by atoms with Crippen molar-refractivity contribution in [3.05, 3.63) is 11.8 Å². The van der Waals surface area contributed by atoms with Gasteiger partial charge in [0, 0.05) is 18.7 Å². The lowest BCUT2D eigenvalue weighted by molar-refractivity contribution is -0.174. The van der Waals surface area contributed by atoms with Crippen LogP contribution in [0.4, 0.5) is 0 Å². The van der Waals surface area contributed by atoms with Crippen molar-refractivity contribution in [1.82, 2.24) is 5.32 Å². The second kappa shape index (κ2) is 9.65. The zero-order valence-corrected chi connectivity index (χ0v) is 15.2. The lowest BCUT2D eigenvalue weighted by Crippen LogP contribution is -2.33. The van der Waals surface area contributed by atoms with Crippen molar-refractivity contribution < 1.29 is 19.4 Å². The molecule has 0 aromatic heterocycles. The van der Waals surface area contributed by atoms with Crippen LogP contribution in [0.5, 0.6) is 0 Å². The Balaban J connectivity index is 2.38. The van der Waals surface area contributed by atoms with Crippen molar-refractivity contribution in [1.29, 1.82) is 5.26 Å². The van der Waals surface area contributed by atoms with Crippen molar-refractivity contribution in [3.63, 3.8) is 0 Å². The first-order valence-electron chi connectivity index (χ1n) is 8.64. The van der Waals surface area contributed by atoms with Gasteiger partial charge in [-0.3, -0.25) is 0 Å². The Morgan fingerprint density at radius 2 is 2.00 bits per heavy atom. The minimum Gasteiger partial charge on any atom is -0.462 e. The van der Waals surface area contributed by atoms with Crippen LogP contribution in [0.1, 0.15) is 59.8 Å². The Morgan fingerprint density at radius 3 is 2.50 bits per heavy atom. The van der Waals surface area contributed by atoms with Gasteiger partial charge < -0.3 is 19.9 Å². The first-order chi connectivity index (χ1) is 11.2. The third-order valence-corrected chi connectivity index (χ3v) is 3.95. The summed E-state index contributed by atoms with van der Waals surface area (Å²) in [6.07, 6.45) is 5.21. The molecule has 0 radical (unpaired) electrons. The van der Waals surface area contributed by atoms with E-state index in [1.165, 1.54) is 6.20 Å². The van der Waals surface area contributed by atoms with Crippen LogP contribution in [0, 0.1) is 17.2 Å². The van der Waals surface area contributed by atoms with Crippen LogP contribution in [0.3, 0.4) is 0 Å². The number of rotatable bonds is 7. The van der Waals surface area contributed by atoms with E-state index >= 15 is 0 Å². The maximum Gasteiger partial charge on any atom is 0.350 e. The molecule has 0 spiro atoms. The summed E-state index contributed by atoms with van der Waals surface area (Å²) in [5.74, 6) is -0.159. The summed E-state index contributed by atoms with van der Waals surface area (Å²) >= 11 is 0. The van der Waals surface area contributed by atoms with Crippen molar-refractivity contribution in [3.8, 4) is 6.07 Å². The number of carbonyl (C=O) groups excluding carboxylic acids is 1. The van der Waals surface area contributed by atoms with Gasteiger partial charge in [0.05, 0.1) is 12.2 Å². The molecule has 24 heavy (non-hydrogen) atoms. The van der Waals surface area contributed by atoms with Gasteiger partial charge >= 0.3 is 5.97 Å². The summed E-state index contributed by atoms with van der Waals surface area (Å²) in [6, 6.07) is 2.09. The Morgan fingerprint density at radius 1 is 1.38 bits per heavy atom. The molecule has 1 saturated carbocycles. The van der Waals surface area contributed by atoms with Crippen LogP contribution in [0.2, 0.25) is 0 Å². The molecule has 0 saturated heterocycles. The fourth-order valence-electron chi connectivity index (χ4n) is 2.85. The quantitative estimate of drug-likeness (QED) is 0.321. The van der Waals surface area contributed by atoms with Crippen LogP contribution < -0.4 is 5.32 Å². The zero-order valence-electron chi connectivity index (χ0n) is 15.2. The predicted octanol–water partition coefficient (Wildman–Crippen LogP) is 2.63. The molecule has 0 aromatic rings. The van der Waals surface area contributed by atoms with E-state index in [0.717, 1.165) is 25.7 Å². The predicted molar refractivity (Wildman–Crippen MR) is 90.7 cm³/mol. The normalized spacial score (nSPS) is 23.2. The van der Waals surface area contributed by atoms with Crippen LogP contribution >= 0.6 is 0 Å². The number of esters is 1. The van der Waals surface area contributed by atoms with Gasteiger partial charge in [-0.2, -0.15) is 5.26 Å². The van der Waals surface area contributed by atoms with Gasteiger partial charge in [0.1, 0.15) is 6.07 Å². The molecule has 1 unspecified atom stereocenters. The van der Waals surface area contributed by atoms with Crippen molar-refractivity contribution in [2.75, 3.05) is 6.61 Å². The number of carbonyl (C=O) groups is 1. The summed E-state index contributed by atoms with van der Waals surface area (Å²) in [5.41, 5.74) is -0.350. The first kappa shape index (κ1) is 20.5. The molecule has 0 aromatic carbocycles. The first-order valence-corrected chi connectivity index (χ1v) is 8.64. The summed E-state index contributed by atoms with van der Waals surface area (Å²) in [7, 11) is 0. The molecule has 1 atom stereocenters. The molecule has 0 amide bonds. The van der Waals surface area contributed by atoms with Crippen molar-refractivity contribution in [2.24, 2.45) is 5.92 Å². The van der Waals surface area contributed by atoms with Gasteiger partial charge in [0.15, 0.2) is 11.9 Å². The van der Waals surface area contributed by atoms with Gasteiger partial charge in [-0.25, -0.2) is 4.79 Å². The molecule has 136 valence electrons. The highest BCUT2D eigenvalue weighted by molar-refractivity contribution is 5.92. The van der Waals surface area contributed by atoms with Gasteiger partial charge in [-0.05, 0) is 59.3 Å². The molecular weight excluding hydrogens is 308 g/mol. The molecule has 1 fully saturated rings. The average molecular weight is 338 g/mol. The van der Waals surface area contributed by atoms with E-state index in [2.05, 4.69) is 5.32 Å². The van der Waals surface area contributed by atoms with E-state index in [0.29, 0.717) is 12.3 Å². The smallest absolute Gasteiger partial charge is 0.350 e. The van der Waals surface area contributed by atoms with E-state index in [4.69, 9.17) is 14.7 Å². The van der Waals surface area contributed by atoms with Crippen molar-refractivity contribution in [2.45, 2.75) is 77.7 Å². The Kier molecular flexibility index (Phi) is 8.23. The summed E-state index contributed by atoms with van der Waals surface area (Å²) in [5, 5.41) is 22.1. The number of aliphatic hydroxyl groups is 1. The zero-order chi connectivity index (χ0) is 18.2. The van der Waals surface area contributed by atoms with Crippen LogP contribution in [-0.2, 0) is 14.3 Å². The fraction of sp³-hybridized carbons (Fsp3) is 0.778. The number of aliphatic hydroxyl groups excluding tert-OH is 1. The van der Waals surface area contributed by atoms with Gasteiger partial charge in [0.2, 0.25) is 0 Å². The molecule has 0 bridgehead atoms. The Bertz CT molecular complexity index is 468. The molecule has 0 aliphatic heterocycles. The topological polar surface area (TPSA) is 91.6 Å². The number of hydrogen-bond acceptors (Lipinski definition) is 6. The molecule has 1 aliphatic rings. The van der Waals surface area contributed by atoms with E-state index in [9.17, 15) is 9.90 Å². The third-order valence-electron chi connectivity index (χ3n) is 3.95. The molecule has 6 heteroatoms. The van der Waals surface area contributed by atoms with Crippen LogP contribution in [0.25, 0.3) is 0 Å². The monoisotopic (exact) mass is 338 g/mol. The van der Waals surface area contributed by atoms with E-state index < -0.39 is 12.3 Å². The molecule has 2 N–H and O–H groups in total. The maximum absolute atomic E-state index is 11.5. The number of ether oxygens (including phenoxy) is 2. The minimum absolute atomic E-state index is 0.00651. The Hall–Kier alpha value is -1.58. The van der Waals surface area contributed by atoms with Crippen molar-refractivity contribution >= 4 is 5.97 Å². The fourth-order valence-corrected chi connectivity index (χ4v) is 2.85. The molecule has 0 heterocycles. The minimum atomic E-state index is -0.728. The number of nitrogens with zero attached hydrogens (tertiary/aromatic N) is 1. The van der Waals surface area contributed by atoms with E-state index in [1.54, 1.807) is 6.92 Å². The SMILES string of the molecule is CCOC(=O)/C(C#N)=C/NC1CCC(CC(O)OC(C)(C)C)CC1. The number of nitrogens with one attached hydrogen (secondary N) is 1. The standard InChI is InChI=1S/C18H30N2O4/c1-5-23-17(22)14(11-19)12-20-15-8-6-13(7-9-15)10-16(21)24-18(2,3)4/h12-13,15-16,20-21H,5-10H2,1-4H3/b14-12+. The number of hydrogen-bond donors (Lipinski definition) is 2. The third kappa shape index (κ3) is 7.80. The lowest BCUT2D eigenvalue weighted by atomic mass is 9.84. The van der Waals surface area contributed by atoms with Gasteiger partial charge in [-0.15, -0.1) is 0 Å². The van der Waals surface area contributed by atoms with Gasteiger partial charge in [-0.1, -0.05) is 0 Å². The summed E-state index contributed by atoms with van der Waals surface area (Å²) in [6.45, 7) is 7.75. The Labute approximate surface area is 144 Å². The lowest BCUT2D eigenvalue weighted by Gasteiger charge is -2.31. The molecule has 1 rings (SSSR count). The number of nitriles is 1. The van der Waals surface area contributed by atoms with E-state index in [1.807, 2.05) is 26.8 Å². The second-order valence-corrected chi connectivity index (χ2v) is 7.20. The largest absolute Gasteiger partial charge is 0.462 e. The van der Waals surface area contributed by atoms with Crippen LogP contribution in [0.15, 0.2) is 11.8 Å². The average Bonchev–Trinajstić information content (AvgIpc) is 2.48. The summed E-state index contributed by atoms with van der Waals surface area (Å²) < 4.78 is 10.4. The molecule has 1 aliphatic carbocycles. The summed E-state index contributed by atoms with van der Waals surface area (Å²) in [4.78, 5) is 11.5. The van der Waals surface area contributed by atoms with E-state index in [-0.39, 0.29) is 23.8 Å². The highest BCUT2D eigenvalue weighted by Gasteiger charge is 2.25. The highest BCUT2D eigenvalue weighted by atomic mass is 16.6. The maximum atomic E-state index is 11.5. The van der Waals surface area contributed by atoms with Crippen LogP contribution in [-0.4, -0.2) is 35.6 Å². The second-order valence-electron chi connectivity index (χ2n) is 7.20. The molecule has 6 nitrogen and oxygen atoms in total. The van der Waals surface area contributed by atoms with Gasteiger partial charge in [0.25, 0.3) is 0 Å². The molecular formula is C18H30N2O4. The highest BCUT2D eigenvalue weighted by Crippen LogP contribution is 2.29.